The van der Waals surface area contributed by atoms with Crippen molar-refractivity contribution in [3.05, 3.63) is 72.3 Å². The van der Waals surface area contributed by atoms with Gasteiger partial charge in [0.2, 0.25) is 0 Å². The minimum atomic E-state index is -4.76. The number of rotatable bonds is 11. The highest BCUT2D eigenvalue weighted by molar-refractivity contribution is 5.81. The number of halogens is 3. The Morgan fingerprint density at radius 3 is 2.05 bits per heavy atom. The molecule has 0 heterocycles. The first kappa shape index (κ1) is 29.9. The molecule has 0 saturated carbocycles. The predicted octanol–water partition coefficient (Wildman–Crippen LogP) is 8.88. The number of unbranched alkanes of at least 4 members (excludes halogenated alkanes) is 1. The number of hydrogen-bond acceptors (Lipinski definition) is 5. The maximum Gasteiger partial charge on any atom is 0.573 e. The van der Waals surface area contributed by atoms with Gasteiger partial charge in [-0.2, -0.15) is 0 Å². The van der Waals surface area contributed by atoms with Crippen molar-refractivity contribution >= 4 is 11.7 Å². The molecular weight excluding hydrogens is 507 g/mol. The number of nitrogens with one attached hydrogen (secondary N) is 1. The number of esters is 1. The van der Waals surface area contributed by atoms with Crippen LogP contribution in [0.4, 0.5) is 18.9 Å². The van der Waals surface area contributed by atoms with Crippen molar-refractivity contribution in [2.45, 2.75) is 71.7 Å². The summed E-state index contributed by atoms with van der Waals surface area (Å²) in [5.41, 5.74) is 3.14. The van der Waals surface area contributed by atoms with Crippen LogP contribution in [0.5, 0.6) is 17.2 Å². The Hall–Kier alpha value is -3.68. The molecule has 39 heavy (non-hydrogen) atoms. The predicted molar refractivity (Wildman–Crippen MR) is 147 cm³/mol. The molecule has 0 aromatic heterocycles. The summed E-state index contributed by atoms with van der Waals surface area (Å²) in [7, 11) is 0. The van der Waals surface area contributed by atoms with Gasteiger partial charge >= 0.3 is 12.3 Å². The highest BCUT2D eigenvalue weighted by atomic mass is 19.4. The monoisotopic (exact) mass is 543 g/mol. The molecular formula is C31H36F3NO4. The maximum absolute atomic E-state index is 12.7. The summed E-state index contributed by atoms with van der Waals surface area (Å²) < 4.78 is 53.2. The van der Waals surface area contributed by atoms with Crippen LogP contribution in [-0.4, -0.2) is 25.0 Å². The van der Waals surface area contributed by atoms with Crippen molar-refractivity contribution in [2.75, 3.05) is 11.9 Å². The van der Waals surface area contributed by atoms with Crippen LogP contribution in [0.1, 0.15) is 59.4 Å². The third-order valence-corrected chi connectivity index (χ3v) is 6.10. The van der Waals surface area contributed by atoms with Gasteiger partial charge in [0.25, 0.3) is 0 Å². The van der Waals surface area contributed by atoms with Gasteiger partial charge in [0, 0.05) is 0 Å². The molecule has 8 heteroatoms. The molecule has 5 nitrogen and oxygen atoms in total. The van der Waals surface area contributed by atoms with Crippen LogP contribution in [0.3, 0.4) is 0 Å². The van der Waals surface area contributed by atoms with Crippen LogP contribution in [0, 0.1) is 0 Å². The van der Waals surface area contributed by atoms with Crippen molar-refractivity contribution in [1.82, 2.24) is 0 Å². The second-order valence-corrected chi connectivity index (χ2v) is 10.3. The van der Waals surface area contributed by atoms with Gasteiger partial charge in [0.15, 0.2) is 5.75 Å². The first-order chi connectivity index (χ1) is 18.4. The highest BCUT2D eigenvalue weighted by Gasteiger charge is 2.31. The van der Waals surface area contributed by atoms with Gasteiger partial charge in [-0.3, -0.25) is 0 Å². The molecule has 0 amide bonds. The molecule has 3 rings (SSSR count). The van der Waals surface area contributed by atoms with E-state index in [1.54, 1.807) is 25.1 Å². The van der Waals surface area contributed by atoms with E-state index >= 15 is 0 Å². The Kier molecular flexibility index (Phi) is 9.89. The second kappa shape index (κ2) is 12.9. The first-order valence-corrected chi connectivity index (χ1v) is 13.1. The fourth-order valence-electron chi connectivity index (χ4n) is 4.00. The number of anilines is 1. The Balaban J connectivity index is 1.96. The van der Waals surface area contributed by atoms with Crippen molar-refractivity contribution in [2.24, 2.45) is 0 Å². The van der Waals surface area contributed by atoms with E-state index in [0.29, 0.717) is 29.2 Å². The third-order valence-electron chi connectivity index (χ3n) is 6.10. The van der Waals surface area contributed by atoms with Crippen LogP contribution < -0.4 is 14.8 Å². The number of carbonyl (C=O) groups is 1. The van der Waals surface area contributed by atoms with Crippen LogP contribution >= 0.6 is 0 Å². The SMILES string of the molecule is CCCCC(Nc1cc(-c2ccc(OC(F)(F)F)cc2)ccc1Oc1ccc(C(C)(C)C)cc1)C(=O)OCC. The molecule has 1 N–H and O–H groups in total. The van der Waals surface area contributed by atoms with E-state index in [-0.39, 0.29) is 23.7 Å². The first-order valence-electron chi connectivity index (χ1n) is 13.1. The van der Waals surface area contributed by atoms with Crippen LogP contribution in [0.2, 0.25) is 0 Å². The zero-order chi connectivity index (χ0) is 28.6. The zero-order valence-corrected chi connectivity index (χ0v) is 23.0. The van der Waals surface area contributed by atoms with E-state index in [0.717, 1.165) is 18.4 Å². The second-order valence-electron chi connectivity index (χ2n) is 10.3. The minimum Gasteiger partial charge on any atom is -0.464 e. The molecule has 0 spiro atoms. The molecule has 0 aliphatic rings. The quantitative estimate of drug-likeness (QED) is 0.245. The number of ether oxygens (including phenoxy) is 3. The normalized spacial score (nSPS) is 12.5. The van der Waals surface area contributed by atoms with Crippen LogP contribution in [0.15, 0.2) is 66.7 Å². The fourth-order valence-corrected chi connectivity index (χ4v) is 4.00. The summed E-state index contributed by atoms with van der Waals surface area (Å²) in [5, 5.41) is 3.30. The number of carbonyl (C=O) groups excluding carboxylic acids is 1. The van der Waals surface area contributed by atoms with Gasteiger partial charge in [0.05, 0.1) is 12.3 Å². The Morgan fingerprint density at radius 2 is 1.49 bits per heavy atom. The molecule has 0 fully saturated rings. The average Bonchev–Trinajstić information content (AvgIpc) is 2.87. The lowest BCUT2D eigenvalue weighted by Crippen LogP contribution is -2.31. The largest absolute Gasteiger partial charge is 0.573 e. The standard InChI is InChI=1S/C31H36F3NO4/c1-6-8-9-26(29(36)37-7-2)35-27-20-22(21-10-15-25(16-11-21)39-31(32,33)34)12-19-28(27)38-24-17-13-23(14-18-24)30(3,4)5/h10-20,26,35H,6-9H2,1-5H3. The molecule has 0 radical (unpaired) electrons. The molecule has 0 bridgehead atoms. The Bertz CT molecular complexity index is 1220. The molecule has 0 aliphatic heterocycles. The van der Waals surface area contributed by atoms with E-state index in [1.807, 2.05) is 43.3 Å². The lowest BCUT2D eigenvalue weighted by molar-refractivity contribution is -0.274. The summed E-state index contributed by atoms with van der Waals surface area (Å²) in [6.45, 7) is 10.5. The van der Waals surface area contributed by atoms with Crippen molar-refractivity contribution in [3.63, 3.8) is 0 Å². The zero-order valence-electron chi connectivity index (χ0n) is 23.0. The summed E-state index contributed by atoms with van der Waals surface area (Å²) in [5.74, 6) is 0.481. The summed E-state index contributed by atoms with van der Waals surface area (Å²) in [6, 6.07) is 18.3. The van der Waals surface area contributed by atoms with E-state index in [2.05, 4.69) is 30.8 Å². The summed E-state index contributed by atoms with van der Waals surface area (Å²) >= 11 is 0. The van der Waals surface area contributed by atoms with Gasteiger partial charge in [-0.15, -0.1) is 13.2 Å². The molecule has 3 aromatic carbocycles. The minimum absolute atomic E-state index is 0.000277. The molecule has 1 atom stereocenters. The van der Waals surface area contributed by atoms with Gasteiger partial charge < -0.3 is 19.5 Å². The van der Waals surface area contributed by atoms with Gasteiger partial charge in [-0.25, -0.2) is 4.79 Å². The molecule has 0 aliphatic carbocycles. The molecule has 3 aromatic rings. The summed E-state index contributed by atoms with van der Waals surface area (Å²) in [4.78, 5) is 12.7. The third kappa shape index (κ3) is 8.94. The van der Waals surface area contributed by atoms with E-state index in [1.165, 1.54) is 17.7 Å². The molecule has 0 saturated heterocycles. The Labute approximate surface area is 228 Å². The van der Waals surface area contributed by atoms with E-state index in [9.17, 15) is 18.0 Å². The smallest absolute Gasteiger partial charge is 0.464 e. The van der Waals surface area contributed by atoms with Gasteiger partial charge in [-0.1, -0.05) is 70.9 Å². The van der Waals surface area contributed by atoms with Crippen LogP contribution in [-0.2, 0) is 14.9 Å². The van der Waals surface area contributed by atoms with Gasteiger partial charge in [-0.05, 0) is 71.8 Å². The molecule has 1 unspecified atom stereocenters. The lowest BCUT2D eigenvalue weighted by atomic mass is 9.87. The lowest BCUT2D eigenvalue weighted by Gasteiger charge is -2.22. The van der Waals surface area contributed by atoms with Crippen molar-refractivity contribution < 1.29 is 32.2 Å². The Morgan fingerprint density at radius 1 is 0.872 bits per heavy atom. The topological polar surface area (TPSA) is 56.8 Å². The fraction of sp³-hybridized carbons (Fsp3) is 0.387. The van der Waals surface area contributed by atoms with E-state index < -0.39 is 12.4 Å². The van der Waals surface area contributed by atoms with Crippen LogP contribution in [0.25, 0.3) is 11.1 Å². The summed E-state index contributed by atoms with van der Waals surface area (Å²) in [6.07, 6.45) is -2.46. The number of hydrogen-bond donors (Lipinski definition) is 1. The number of alkyl halides is 3. The molecule has 210 valence electrons. The average molecular weight is 544 g/mol. The van der Waals surface area contributed by atoms with E-state index in [4.69, 9.17) is 9.47 Å². The van der Waals surface area contributed by atoms with Crippen molar-refractivity contribution in [3.8, 4) is 28.4 Å². The van der Waals surface area contributed by atoms with Gasteiger partial charge in [0.1, 0.15) is 17.5 Å². The van der Waals surface area contributed by atoms with Crippen molar-refractivity contribution in [1.29, 1.82) is 0 Å². The maximum atomic E-state index is 12.7. The number of benzene rings is 3. The highest BCUT2D eigenvalue weighted by Crippen LogP contribution is 2.36.